The topological polar surface area (TPSA) is 36.7 Å². The van der Waals surface area contributed by atoms with Crippen LogP contribution in [0, 0.1) is 11.3 Å². The van der Waals surface area contributed by atoms with Gasteiger partial charge in [0.1, 0.15) is 6.07 Å². The summed E-state index contributed by atoms with van der Waals surface area (Å²) in [4.78, 5) is 4.18. The summed E-state index contributed by atoms with van der Waals surface area (Å²) in [5.41, 5.74) is 1.40. The molecular weight excluding hydrogens is 179 g/mol. The second-order valence-corrected chi connectivity index (χ2v) is 3.34. The second kappa shape index (κ2) is 3.12. The number of aromatic nitrogens is 1. The highest BCUT2D eigenvalue weighted by Gasteiger charge is 2.02. The summed E-state index contributed by atoms with van der Waals surface area (Å²) >= 11 is 0. The first-order valence-corrected chi connectivity index (χ1v) is 4.44. The van der Waals surface area contributed by atoms with E-state index in [9.17, 15) is 0 Å². The van der Waals surface area contributed by atoms with Crippen LogP contribution in [0.1, 0.15) is 5.56 Å². The Morgan fingerprint density at radius 2 is 2.15 bits per heavy atom. The van der Waals surface area contributed by atoms with Gasteiger partial charge in [-0.05, 0) is 17.4 Å². The predicted octanol–water partition coefficient (Wildman–Crippen LogP) is 1.61. The van der Waals surface area contributed by atoms with Gasteiger partial charge in [0.25, 0.3) is 0 Å². The van der Waals surface area contributed by atoms with Gasteiger partial charge >= 0.3 is 0 Å². The van der Waals surface area contributed by atoms with Crippen molar-refractivity contribution in [1.29, 1.82) is 5.26 Å². The molecule has 62 valence electrons. The molecule has 3 heteroatoms. The Hall–Kier alpha value is -1.45. The molecule has 0 N–H and O–H groups in total. The minimum absolute atomic E-state index is 0.627. The van der Waals surface area contributed by atoms with Crippen LogP contribution in [-0.4, -0.2) is 4.98 Å². The maximum absolute atomic E-state index is 8.83. The summed E-state index contributed by atoms with van der Waals surface area (Å²) in [6, 6.07) is 9.66. The van der Waals surface area contributed by atoms with Crippen molar-refractivity contribution in [2.45, 2.75) is 0 Å². The van der Waals surface area contributed by atoms with Gasteiger partial charge in [0.05, 0.1) is 11.1 Å². The van der Waals surface area contributed by atoms with Gasteiger partial charge in [0, 0.05) is 11.6 Å². The molecule has 1 aromatic carbocycles. The highest BCUT2D eigenvalue weighted by Crippen LogP contribution is 2.14. The number of benzene rings is 1. The SMILES string of the molecule is N#Cc1ccc(P)c2cccnc12. The lowest BCUT2D eigenvalue weighted by Gasteiger charge is -2.01. The van der Waals surface area contributed by atoms with Crippen LogP contribution in [0.5, 0.6) is 0 Å². The lowest BCUT2D eigenvalue weighted by molar-refractivity contribution is 1.39. The zero-order valence-electron chi connectivity index (χ0n) is 6.86. The quantitative estimate of drug-likeness (QED) is 0.586. The Labute approximate surface area is 78.4 Å². The van der Waals surface area contributed by atoms with Crippen molar-refractivity contribution in [3.8, 4) is 6.07 Å². The Morgan fingerprint density at radius 3 is 2.92 bits per heavy atom. The van der Waals surface area contributed by atoms with Crippen LogP contribution in [0.4, 0.5) is 0 Å². The van der Waals surface area contributed by atoms with Gasteiger partial charge in [-0.2, -0.15) is 5.26 Å². The molecule has 0 saturated carbocycles. The smallest absolute Gasteiger partial charge is 0.101 e. The third-order valence-electron chi connectivity index (χ3n) is 1.92. The first kappa shape index (κ1) is 8.16. The Kier molecular flexibility index (Phi) is 1.96. The molecule has 1 aromatic heterocycles. The lowest BCUT2D eigenvalue weighted by Crippen LogP contribution is -1.95. The molecular formula is C10H7N2P. The number of nitriles is 1. The van der Waals surface area contributed by atoms with Crippen LogP contribution in [0.25, 0.3) is 10.9 Å². The fourth-order valence-electron chi connectivity index (χ4n) is 1.28. The van der Waals surface area contributed by atoms with Gasteiger partial charge in [-0.3, -0.25) is 4.98 Å². The Morgan fingerprint density at radius 1 is 1.31 bits per heavy atom. The summed E-state index contributed by atoms with van der Waals surface area (Å²) < 4.78 is 0. The van der Waals surface area contributed by atoms with Crippen molar-refractivity contribution < 1.29 is 0 Å². The van der Waals surface area contributed by atoms with Crippen LogP contribution in [0.2, 0.25) is 0 Å². The van der Waals surface area contributed by atoms with E-state index < -0.39 is 0 Å². The van der Waals surface area contributed by atoms with Crippen molar-refractivity contribution in [2.75, 3.05) is 0 Å². The second-order valence-electron chi connectivity index (χ2n) is 2.71. The predicted molar refractivity (Wildman–Crippen MR) is 55.8 cm³/mol. The number of fused-ring (bicyclic) bond motifs is 1. The van der Waals surface area contributed by atoms with Gasteiger partial charge in [-0.15, -0.1) is 9.24 Å². The fourth-order valence-corrected chi connectivity index (χ4v) is 1.61. The third kappa shape index (κ3) is 1.28. The average Bonchev–Trinajstić information content (AvgIpc) is 2.19. The molecule has 2 aromatic rings. The van der Waals surface area contributed by atoms with Gasteiger partial charge in [-0.25, -0.2) is 0 Å². The molecule has 2 nitrogen and oxygen atoms in total. The molecule has 0 spiro atoms. The molecule has 0 aliphatic rings. The molecule has 2 rings (SSSR count). The molecule has 13 heavy (non-hydrogen) atoms. The minimum atomic E-state index is 0.627. The standard InChI is InChI=1S/C10H7N2P/c11-6-7-3-4-9(13)8-2-1-5-12-10(7)8/h1-5H,13H2. The molecule has 1 heterocycles. The van der Waals surface area contributed by atoms with E-state index in [1.807, 2.05) is 18.2 Å². The van der Waals surface area contributed by atoms with Crippen molar-refractivity contribution in [1.82, 2.24) is 4.98 Å². The van der Waals surface area contributed by atoms with E-state index in [4.69, 9.17) is 5.26 Å². The third-order valence-corrected chi connectivity index (χ3v) is 2.43. The van der Waals surface area contributed by atoms with Crippen molar-refractivity contribution >= 4 is 25.4 Å². The fraction of sp³-hybridized carbons (Fsp3) is 0. The number of rotatable bonds is 0. The number of pyridine rings is 1. The maximum Gasteiger partial charge on any atom is 0.101 e. The Balaban J connectivity index is 2.95. The normalized spacial score (nSPS) is 9.85. The van der Waals surface area contributed by atoms with Crippen molar-refractivity contribution in [3.05, 3.63) is 36.0 Å². The summed E-state index contributed by atoms with van der Waals surface area (Å²) in [5, 5.41) is 10.9. The largest absolute Gasteiger partial charge is 0.255 e. The van der Waals surface area contributed by atoms with E-state index in [0.717, 1.165) is 16.2 Å². The first-order valence-electron chi connectivity index (χ1n) is 3.86. The number of hydrogen-bond acceptors (Lipinski definition) is 2. The summed E-state index contributed by atoms with van der Waals surface area (Å²) in [7, 11) is 2.64. The highest BCUT2D eigenvalue weighted by molar-refractivity contribution is 7.28. The van der Waals surface area contributed by atoms with Gasteiger partial charge in [-0.1, -0.05) is 12.1 Å². The summed E-state index contributed by atoms with van der Waals surface area (Å²) in [6.45, 7) is 0. The minimum Gasteiger partial charge on any atom is -0.255 e. The zero-order valence-corrected chi connectivity index (χ0v) is 8.01. The van der Waals surface area contributed by atoms with Gasteiger partial charge in [0.15, 0.2) is 0 Å². The molecule has 0 amide bonds. The molecule has 1 atom stereocenters. The first-order chi connectivity index (χ1) is 6.33. The van der Waals surface area contributed by atoms with Crippen LogP contribution in [0.15, 0.2) is 30.5 Å². The highest BCUT2D eigenvalue weighted by atomic mass is 31.0. The zero-order chi connectivity index (χ0) is 9.26. The number of hydrogen-bond donors (Lipinski definition) is 0. The number of nitrogens with zero attached hydrogens (tertiary/aromatic N) is 2. The summed E-state index contributed by atoms with van der Waals surface area (Å²) in [5.74, 6) is 0. The molecule has 0 saturated heterocycles. The van der Waals surface area contributed by atoms with Crippen LogP contribution in [0.3, 0.4) is 0 Å². The maximum atomic E-state index is 8.83. The average molecular weight is 186 g/mol. The van der Waals surface area contributed by atoms with Crippen LogP contribution < -0.4 is 5.30 Å². The Bertz CT molecular complexity index is 500. The van der Waals surface area contributed by atoms with E-state index in [1.54, 1.807) is 12.3 Å². The van der Waals surface area contributed by atoms with Crippen molar-refractivity contribution in [3.63, 3.8) is 0 Å². The molecule has 0 aliphatic heterocycles. The molecule has 0 aliphatic carbocycles. The van der Waals surface area contributed by atoms with Gasteiger partial charge < -0.3 is 0 Å². The lowest BCUT2D eigenvalue weighted by atomic mass is 10.1. The van der Waals surface area contributed by atoms with E-state index >= 15 is 0 Å². The van der Waals surface area contributed by atoms with Gasteiger partial charge in [0.2, 0.25) is 0 Å². The van der Waals surface area contributed by atoms with E-state index in [0.29, 0.717) is 5.56 Å². The molecule has 0 fully saturated rings. The van der Waals surface area contributed by atoms with E-state index in [1.165, 1.54) is 0 Å². The van der Waals surface area contributed by atoms with Crippen LogP contribution >= 0.6 is 9.24 Å². The van der Waals surface area contributed by atoms with E-state index in [-0.39, 0.29) is 0 Å². The summed E-state index contributed by atoms with van der Waals surface area (Å²) in [6.07, 6.45) is 1.70. The molecule has 0 bridgehead atoms. The van der Waals surface area contributed by atoms with E-state index in [2.05, 4.69) is 20.3 Å². The van der Waals surface area contributed by atoms with Crippen molar-refractivity contribution in [2.24, 2.45) is 0 Å². The molecule has 1 unspecified atom stereocenters. The van der Waals surface area contributed by atoms with Crippen LogP contribution in [-0.2, 0) is 0 Å². The monoisotopic (exact) mass is 186 g/mol. The molecule has 0 radical (unpaired) electrons.